The smallest absolute Gasteiger partial charge is 0.0610 e. The van der Waals surface area contributed by atoms with Gasteiger partial charge in [-0.1, -0.05) is 86.6 Å². The average Bonchev–Trinajstić information content (AvgIpc) is 3.41. The normalized spacial score (nSPS) is 13.8. The molecule has 0 spiro atoms. The number of fused-ring (bicyclic) bond motifs is 6. The zero-order valence-electron chi connectivity index (χ0n) is 19.3. The third-order valence-electron chi connectivity index (χ3n) is 7.52. The Balaban J connectivity index is 1.41. The highest BCUT2D eigenvalue weighted by Crippen LogP contribution is 2.51. The van der Waals surface area contributed by atoms with E-state index in [1.807, 2.05) is 12.4 Å². The van der Waals surface area contributed by atoms with E-state index >= 15 is 0 Å². The second-order valence-corrected chi connectivity index (χ2v) is 9.74. The summed E-state index contributed by atoms with van der Waals surface area (Å²) in [5, 5.41) is 3.67. The lowest BCUT2D eigenvalue weighted by Gasteiger charge is -2.21. The molecule has 2 aromatic heterocycles. The molecule has 0 atom stereocenters. The zero-order valence-corrected chi connectivity index (χ0v) is 19.3. The molecule has 1 aliphatic rings. The number of hydrogen-bond acceptors (Lipinski definition) is 1. The molecular weight excluding hydrogens is 412 g/mol. The van der Waals surface area contributed by atoms with Crippen molar-refractivity contribution < 1.29 is 0 Å². The van der Waals surface area contributed by atoms with E-state index in [1.54, 1.807) is 0 Å². The Morgan fingerprint density at radius 2 is 1.44 bits per heavy atom. The molecule has 6 aromatic rings. The molecule has 0 amide bonds. The van der Waals surface area contributed by atoms with Gasteiger partial charge in [-0.2, -0.15) is 0 Å². The Morgan fingerprint density at radius 1 is 0.647 bits per heavy atom. The summed E-state index contributed by atoms with van der Waals surface area (Å²) in [5.41, 5.74) is 10.3. The maximum absolute atomic E-state index is 4.47. The first kappa shape index (κ1) is 19.3. The molecule has 0 aliphatic heterocycles. The van der Waals surface area contributed by atoms with Crippen molar-refractivity contribution >= 4 is 21.7 Å². The lowest BCUT2D eigenvalue weighted by atomic mass is 9.82. The summed E-state index contributed by atoms with van der Waals surface area (Å²) >= 11 is 0. The molecule has 0 saturated heterocycles. The SMILES string of the molecule is CC1(C)c2ccccc2-c2c1ccc1ccn(-c3ccc(-c4cncc5ccccc45)cc3)c21. The molecule has 1 aliphatic carbocycles. The van der Waals surface area contributed by atoms with Gasteiger partial charge in [0.15, 0.2) is 0 Å². The Labute approximate surface area is 199 Å². The molecule has 0 unspecified atom stereocenters. The monoisotopic (exact) mass is 436 g/mol. The van der Waals surface area contributed by atoms with Gasteiger partial charge in [-0.05, 0) is 45.8 Å². The summed E-state index contributed by atoms with van der Waals surface area (Å²) in [6, 6.07) is 33.0. The quantitative estimate of drug-likeness (QED) is 0.268. The highest BCUT2D eigenvalue weighted by atomic mass is 15.0. The molecule has 34 heavy (non-hydrogen) atoms. The largest absolute Gasteiger partial charge is 0.316 e. The molecule has 0 N–H and O–H groups in total. The van der Waals surface area contributed by atoms with Crippen molar-refractivity contribution in [3.63, 3.8) is 0 Å². The molecular formula is C32H24N2. The van der Waals surface area contributed by atoms with Crippen LogP contribution in [0.25, 0.3) is 49.6 Å². The van der Waals surface area contributed by atoms with E-state index in [4.69, 9.17) is 0 Å². The van der Waals surface area contributed by atoms with Crippen LogP contribution in [0.1, 0.15) is 25.0 Å². The van der Waals surface area contributed by atoms with Gasteiger partial charge in [-0.3, -0.25) is 4.98 Å². The van der Waals surface area contributed by atoms with Crippen molar-refractivity contribution in [1.29, 1.82) is 0 Å². The Kier molecular flexibility index (Phi) is 3.93. The van der Waals surface area contributed by atoms with Crippen LogP contribution >= 0.6 is 0 Å². The van der Waals surface area contributed by atoms with Crippen molar-refractivity contribution in [3.05, 3.63) is 121 Å². The molecule has 7 rings (SSSR count). The first-order valence-corrected chi connectivity index (χ1v) is 11.8. The van der Waals surface area contributed by atoms with Gasteiger partial charge in [0.25, 0.3) is 0 Å². The average molecular weight is 437 g/mol. The van der Waals surface area contributed by atoms with Crippen LogP contribution in [-0.2, 0) is 5.41 Å². The van der Waals surface area contributed by atoms with E-state index in [0.29, 0.717) is 0 Å². The van der Waals surface area contributed by atoms with Gasteiger partial charge < -0.3 is 4.57 Å². The third kappa shape index (κ3) is 2.60. The molecule has 2 nitrogen and oxygen atoms in total. The van der Waals surface area contributed by atoms with Gasteiger partial charge in [-0.15, -0.1) is 0 Å². The first-order valence-electron chi connectivity index (χ1n) is 11.8. The number of nitrogens with zero attached hydrogens (tertiary/aromatic N) is 2. The summed E-state index contributed by atoms with van der Waals surface area (Å²) in [7, 11) is 0. The first-order chi connectivity index (χ1) is 16.6. The second kappa shape index (κ2) is 6.91. The molecule has 0 saturated carbocycles. The Hall–Kier alpha value is -4.17. The highest BCUT2D eigenvalue weighted by molar-refractivity contribution is 6.02. The maximum Gasteiger partial charge on any atom is 0.0610 e. The zero-order chi connectivity index (χ0) is 22.9. The van der Waals surface area contributed by atoms with E-state index in [-0.39, 0.29) is 5.41 Å². The molecule has 4 aromatic carbocycles. The van der Waals surface area contributed by atoms with Crippen molar-refractivity contribution in [2.45, 2.75) is 19.3 Å². The minimum Gasteiger partial charge on any atom is -0.316 e. The van der Waals surface area contributed by atoms with Crippen LogP contribution in [0.15, 0.2) is 110 Å². The highest BCUT2D eigenvalue weighted by Gasteiger charge is 2.36. The lowest BCUT2D eigenvalue weighted by Crippen LogP contribution is -2.14. The number of benzene rings is 4. The number of pyridine rings is 1. The summed E-state index contributed by atoms with van der Waals surface area (Å²) in [4.78, 5) is 4.47. The predicted octanol–water partition coefficient (Wildman–Crippen LogP) is 8.15. The summed E-state index contributed by atoms with van der Waals surface area (Å²) < 4.78 is 2.34. The van der Waals surface area contributed by atoms with Crippen LogP contribution in [-0.4, -0.2) is 9.55 Å². The van der Waals surface area contributed by atoms with Gasteiger partial charge in [0.2, 0.25) is 0 Å². The van der Waals surface area contributed by atoms with E-state index < -0.39 is 0 Å². The van der Waals surface area contributed by atoms with Crippen molar-refractivity contribution in [2.75, 3.05) is 0 Å². The minimum absolute atomic E-state index is 0.000436. The molecule has 0 bridgehead atoms. The molecule has 2 heterocycles. The molecule has 0 fully saturated rings. The lowest BCUT2D eigenvalue weighted by molar-refractivity contribution is 0.661. The summed E-state index contributed by atoms with van der Waals surface area (Å²) in [5.74, 6) is 0. The van der Waals surface area contributed by atoms with Crippen molar-refractivity contribution in [1.82, 2.24) is 9.55 Å². The molecule has 2 heteroatoms. The molecule has 0 radical (unpaired) electrons. The van der Waals surface area contributed by atoms with E-state index in [0.717, 1.165) is 5.39 Å². The van der Waals surface area contributed by atoms with Crippen LogP contribution in [0, 0.1) is 0 Å². The molecule has 162 valence electrons. The van der Waals surface area contributed by atoms with E-state index in [1.165, 1.54) is 55.4 Å². The van der Waals surface area contributed by atoms with Crippen LogP contribution in [0.2, 0.25) is 0 Å². The van der Waals surface area contributed by atoms with Gasteiger partial charge >= 0.3 is 0 Å². The fourth-order valence-electron chi connectivity index (χ4n) is 5.78. The second-order valence-electron chi connectivity index (χ2n) is 9.74. The number of hydrogen-bond donors (Lipinski definition) is 0. The van der Waals surface area contributed by atoms with Crippen LogP contribution < -0.4 is 0 Å². The summed E-state index contributed by atoms with van der Waals surface area (Å²) in [6.07, 6.45) is 6.10. The van der Waals surface area contributed by atoms with Crippen LogP contribution in [0.5, 0.6) is 0 Å². The Morgan fingerprint density at radius 3 is 2.32 bits per heavy atom. The number of rotatable bonds is 2. The summed E-state index contributed by atoms with van der Waals surface area (Å²) in [6.45, 7) is 4.67. The topological polar surface area (TPSA) is 17.8 Å². The van der Waals surface area contributed by atoms with Gasteiger partial charge in [0.1, 0.15) is 0 Å². The fraction of sp³-hybridized carbons (Fsp3) is 0.0938. The predicted molar refractivity (Wildman–Crippen MR) is 142 cm³/mol. The fourth-order valence-corrected chi connectivity index (χ4v) is 5.78. The third-order valence-corrected chi connectivity index (χ3v) is 7.52. The van der Waals surface area contributed by atoms with Gasteiger partial charge in [0, 0.05) is 51.6 Å². The Bertz CT molecular complexity index is 1710. The minimum atomic E-state index is 0.000436. The van der Waals surface area contributed by atoms with Crippen molar-refractivity contribution in [3.8, 4) is 27.9 Å². The van der Waals surface area contributed by atoms with Gasteiger partial charge in [0.05, 0.1) is 5.52 Å². The van der Waals surface area contributed by atoms with Crippen molar-refractivity contribution in [2.24, 2.45) is 0 Å². The van der Waals surface area contributed by atoms with Gasteiger partial charge in [-0.25, -0.2) is 0 Å². The maximum atomic E-state index is 4.47. The number of aromatic nitrogens is 2. The standard InChI is InChI=1S/C32H24N2/c1-32(2)28-10-6-5-9-26(28)30-29(32)16-13-22-17-18-34(31(22)30)24-14-11-21(12-15-24)27-20-33-19-23-7-3-4-8-25(23)27/h3-20H,1-2H3. The van der Waals surface area contributed by atoms with Crippen LogP contribution in [0.4, 0.5) is 0 Å². The van der Waals surface area contributed by atoms with Crippen LogP contribution in [0.3, 0.4) is 0 Å². The van der Waals surface area contributed by atoms with E-state index in [9.17, 15) is 0 Å². The van der Waals surface area contributed by atoms with E-state index in [2.05, 4.69) is 121 Å².